The maximum atomic E-state index is 13.8. The van der Waals surface area contributed by atoms with Gasteiger partial charge in [0.05, 0.1) is 6.04 Å². The Balaban J connectivity index is 2.08. The highest BCUT2D eigenvalue weighted by Crippen LogP contribution is 2.17. The molecule has 0 saturated heterocycles. The molecule has 0 saturated carbocycles. The van der Waals surface area contributed by atoms with Crippen LogP contribution in [0, 0.1) is 35.4 Å². The molecule has 0 unspecified atom stereocenters. The van der Waals surface area contributed by atoms with Crippen LogP contribution in [0.3, 0.4) is 0 Å². The second-order valence-corrected chi connectivity index (χ2v) is 10.1. The van der Waals surface area contributed by atoms with Gasteiger partial charge in [0.25, 0.3) is 11.9 Å². The third-order valence-corrected chi connectivity index (χ3v) is 5.41. The Hall–Kier alpha value is -3.98. The number of pyridine rings is 1. The number of hydrogen-bond donors (Lipinski definition) is 3. The molecule has 2 amide bonds. The van der Waals surface area contributed by atoms with Gasteiger partial charge >= 0.3 is 6.09 Å². The van der Waals surface area contributed by atoms with Gasteiger partial charge in [-0.2, -0.15) is 13.8 Å². The summed E-state index contributed by atoms with van der Waals surface area (Å²) in [6.45, 7) is 6.68. The summed E-state index contributed by atoms with van der Waals surface area (Å²) >= 11 is 0. The second kappa shape index (κ2) is 14.4. The highest BCUT2D eigenvalue weighted by molar-refractivity contribution is 5.96. The van der Waals surface area contributed by atoms with Crippen LogP contribution in [-0.4, -0.2) is 40.5 Å². The summed E-state index contributed by atoms with van der Waals surface area (Å²) in [5, 5.41) is 5.22. The maximum Gasteiger partial charge on any atom is 0.408 e. The Morgan fingerprint density at radius 1 is 0.975 bits per heavy atom. The van der Waals surface area contributed by atoms with Crippen molar-refractivity contribution in [1.82, 2.24) is 10.3 Å². The molecule has 12 heteroatoms. The van der Waals surface area contributed by atoms with E-state index in [1.54, 1.807) is 27.7 Å². The number of nitrogens with two attached hydrogens (primary N) is 1. The van der Waals surface area contributed by atoms with E-state index in [4.69, 9.17) is 10.5 Å². The highest BCUT2D eigenvalue weighted by Gasteiger charge is 2.24. The summed E-state index contributed by atoms with van der Waals surface area (Å²) in [5.41, 5.74) is 4.25. The second-order valence-electron chi connectivity index (χ2n) is 10.1. The van der Waals surface area contributed by atoms with E-state index in [0.29, 0.717) is 31.4 Å². The zero-order valence-electron chi connectivity index (χ0n) is 22.7. The summed E-state index contributed by atoms with van der Waals surface area (Å²) in [7, 11) is 0. The van der Waals surface area contributed by atoms with Gasteiger partial charge in [0, 0.05) is 17.7 Å². The topological polar surface area (TPSA) is 123 Å². The number of ether oxygens (including phenoxy) is 1. The Bertz CT molecular complexity index is 1260. The molecule has 8 nitrogen and oxygen atoms in total. The third-order valence-electron chi connectivity index (χ3n) is 5.41. The van der Waals surface area contributed by atoms with Crippen LogP contribution in [0.4, 0.5) is 28.0 Å². The standard InChI is InChI=1S/C28H32F4N4O4/c1-16(33)21(37)9-7-5-6-8-20(35-27(39)40-28(2,3)4)26(38)34-18-13-10-17(11-14-18)12-15-19-22(29)24(31)36-25(32)23(19)30/h10-11,13-14,16,20H,5-9,33H2,1-4H3,(H,34,38)(H,35,39)/t16-,20-/m0/s1. The van der Waals surface area contributed by atoms with Crippen LogP contribution >= 0.6 is 0 Å². The molecule has 1 aromatic heterocycles. The zero-order chi connectivity index (χ0) is 30.0. The number of carbonyl (C=O) groups is 3. The summed E-state index contributed by atoms with van der Waals surface area (Å²) in [6.07, 6.45) is 1.60. The van der Waals surface area contributed by atoms with Gasteiger partial charge in [-0.1, -0.05) is 24.7 Å². The first-order valence-corrected chi connectivity index (χ1v) is 12.6. The number of rotatable bonds is 10. The molecule has 1 aromatic carbocycles. The van der Waals surface area contributed by atoms with Crippen LogP contribution in [0.15, 0.2) is 24.3 Å². The van der Waals surface area contributed by atoms with Crippen LogP contribution < -0.4 is 16.4 Å². The van der Waals surface area contributed by atoms with Crippen molar-refractivity contribution in [3.63, 3.8) is 0 Å². The molecule has 0 aliphatic heterocycles. The van der Waals surface area contributed by atoms with E-state index < -0.39 is 58.8 Å². The first-order chi connectivity index (χ1) is 18.7. The lowest BCUT2D eigenvalue weighted by atomic mass is 10.0. The van der Waals surface area contributed by atoms with Gasteiger partial charge in [-0.3, -0.25) is 9.59 Å². The minimum atomic E-state index is -1.81. The summed E-state index contributed by atoms with van der Waals surface area (Å²) in [6, 6.07) is 4.25. The van der Waals surface area contributed by atoms with Gasteiger partial charge in [0.15, 0.2) is 11.6 Å². The Morgan fingerprint density at radius 2 is 1.57 bits per heavy atom. The normalized spacial score (nSPS) is 12.5. The molecule has 0 spiro atoms. The lowest BCUT2D eigenvalue weighted by Gasteiger charge is -2.23. The van der Waals surface area contributed by atoms with E-state index in [2.05, 4.69) is 21.5 Å². The average molecular weight is 565 g/mol. The number of ketones is 1. The van der Waals surface area contributed by atoms with Gasteiger partial charge in [-0.25, -0.2) is 13.6 Å². The fourth-order valence-corrected chi connectivity index (χ4v) is 3.37. The van der Waals surface area contributed by atoms with Crippen LogP contribution in [0.2, 0.25) is 0 Å². The molecule has 0 radical (unpaired) electrons. The van der Waals surface area contributed by atoms with Gasteiger partial charge < -0.3 is 21.1 Å². The summed E-state index contributed by atoms with van der Waals surface area (Å²) in [4.78, 5) is 39.4. The Labute approximate surface area is 230 Å². The minimum Gasteiger partial charge on any atom is -0.444 e. The smallest absolute Gasteiger partial charge is 0.408 e. The fraction of sp³-hybridized carbons (Fsp3) is 0.429. The first kappa shape index (κ1) is 32.2. The average Bonchev–Trinajstić information content (AvgIpc) is 2.86. The van der Waals surface area contributed by atoms with Crippen molar-refractivity contribution in [2.75, 3.05) is 5.32 Å². The maximum absolute atomic E-state index is 13.8. The van der Waals surface area contributed by atoms with Gasteiger partial charge in [0.2, 0.25) is 5.91 Å². The molecule has 2 rings (SSSR count). The van der Waals surface area contributed by atoms with Gasteiger partial charge in [-0.05, 0) is 64.8 Å². The van der Waals surface area contributed by atoms with E-state index in [0.717, 1.165) is 0 Å². The molecule has 4 N–H and O–H groups in total. The van der Waals surface area contributed by atoms with E-state index in [-0.39, 0.29) is 17.8 Å². The molecular weight excluding hydrogens is 532 g/mol. The largest absolute Gasteiger partial charge is 0.444 e. The van der Waals surface area contributed by atoms with Crippen molar-refractivity contribution < 1.29 is 36.7 Å². The van der Waals surface area contributed by atoms with Crippen LogP contribution in [0.25, 0.3) is 0 Å². The number of Topliss-reactive ketones (excluding diaryl/α,β-unsaturated/α-hetero) is 1. The van der Waals surface area contributed by atoms with Crippen molar-refractivity contribution in [3.05, 3.63) is 58.9 Å². The number of halogens is 4. The molecular formula is C28H32F4N4O4. The van der Waals surface area contributed by atoms with E-state index in [1.807, 2.05) is 5.92 Å². The molecule has 0 bridgehead atoms. The highest BCUT2D eigenvalue weighted by atomic mass is 19.2. The fourth-order valence-electron chi connectivity index (χ4n) is 3.37. The Kier molecular flexibility index (Phi) is 11.6. The number of nitrogens with one attached hydrogen (secondary N) is 2. The summed E-state index contributed by atoms with van der Waals surface area (Å²) < 4.78 is 59.3. The SMILES string of the molecule is C[C@H](N)C(=O)CCCCC[C@H](NC(=O)OC(C)(C)C)C(=O)Nc1ccc(C#Cc2c(F)c(F)nc(F)c2F)cc1. The van der Waals surface area contributed by atoms with E-state index >= 15 is 0 Å². The first-order valence-electron chi connectivity index (χ1n) is 12.6. The van der Waals surface area contributed by atoms with Gasteiger partial charge in [-0.15, -0.1) is 0 Å². The molecule has 0 aliphatic rings. The number of nitrogens with zero attached hydrogens (tertiary/aromatic N) is 1. The third kappa shape index (κ3) is 10.3. The van der Waals surface area contributed by atoms with Crippen molar-refractivity contribution in [1.29, 1.82) is 0 Å². The number of anilines is 1. The molecule has 0 aliphatic carbocycles. The number of carbonyl (C=O) groups excluding carboxylic acids is 3. The van der Waals surface area contributed by atoms with Crippen LogP contribution in [-0.2, 0) is 14.3 Å². The lowest BCUT2D eigenvalue weighted by molar-refractivity contribution is -0.120. The predicted molar refractivity (Wildman–Crippen MR) is 140 cm³/mol. The number of aromatic nitrogens is 1. The number of alkyl carbamates (subject to hydrolysis) is 1. The van der Waals surface area contributed by atoms with E-state index in [1.165, 1.54) is 24.3 Å². The van der Waals surface area contributed by atoms with Crippen LogP contribution in [0.5, 0.6) is 0 Å². The monoisotopic (exact) mass is 564 g/mol. The Morgan fingerprint density at radius 3 is 2.12 bits per heavy atom. The minimum absolute atomic E-state index is 0.0512. The summed E-state index contributed by atoms with van der Waals surface area (Å²) in [5.74, 6) is -3.17. The van der Waals surface area contributed by atoms with E-state index in [9.17, 15) is 31.9 Å². The van der Waals surface area contributed by atoms with Gasteiger partial charge in [0.1, 0.15) is 23.0 Å². The number of unbranched alkanes of at least 4 members (excludes halogenated alkanes) is 2. The number of hydrogen-bond acceptors (Lipinski definition) is 6. The molecule has 40 heavy (non-hydrogen) atoms. The molecule has 216 valence electrons. The van der Waals surface area contributed by atoms with Crippen molar-refractivity contribution in [2.24, 2.45) is 5.73 Å². The lowest BCUT2D eigenvalue weighted by Crippen LogP contribution is -2.45. The number of benzene rings is 1. The van der Waals surface area contributed by atoms with Crippen molar-refractivity contribution >= 4 is 23.5 Å². The van der Waals surface area contributed by atoms with Crippen molar-refractivity contribution in [3.8, 4) is 11.8 Å². The zero-order valence-corrected chi connectivity index (χ0v) is 22.7. The molecule has 2 aromatic rings. The van der Waals surface area contributed by atoms with Crippen molar-refractivity contribution in [2.45, 2.75) is 77.5 Å². The quantitative estimate of drug-likeness (QED) is 0.166. The number of amides is 2. The predicted octanol–water partition coefficient (Wildman–Crippen LogP) is 4.74. The molecule has 1 heterocycles. The molecule has 2 atom stereocenters. The van der Waals surface area contributed by atoms with Crippen LogP contribution in [0.1, 0.15) is 70.9 Å². The molecule has 0 fully saturated rings.